The number of fused-ring (bicyclic) bond motifs is 1. The fourth-order valence-electron chi connectivity index (χ4n) is 2.57. The van der Waals surface area contributed by atoms with E-state index in [1.807, 2.05) is 12.1 Å². The van der Waals surface area contributed by atoms with Crippen molar-refractivity contribution < 1.29 is 9.47 Å². The van der Waals surface area contributed by atoms with E-state index < -0.39 is 0 Å². The summed E-state index contributed by atoms with van der Waals surface area (Å²) >= 11 is 0. The molecule has 5 heteroatoms. The van der Waals surface area contributed by atoms with Crippen LogP contribution in [0.4, 0.5) is 0 Å². The van der Waals surface area contributed by atoms with E-state index in [1.54, 1.807) is 14.2 Å². The number of rotatable bonds is 8. The number of nitrogens with two attached hydrogens (primary N) is 1. The van der Waals surface area contributed by atoms with Gasteiger partial charge in [-0.1, -0.05) is 6.92 Å². The molecule has 21 heavy (non-hydrogen) atoms. The van der Waals surface area contributed by atoms with Gasteiger partial charge in [0.05, 0.1) is 24.2 Å². The maximum absolute atomic E-state index is 6.33. The van der Waals surface area contributed by atoms with Crippen LogP contribution in [0.2, 0.25) is 0 Å². The minimum absolute atomic E-state index is 0.0647. The zero-order chi connectivity index (χ0) is 15.2. The normalized spacial score (nSPS) is 12.8. The van der Waals surface area contributed by atoms with Gasteiger partial charge < -0.3 is 19.8 Å². The molecule has 2 rings (SSSR count). The summed E-state index contributed by atoms with van der Waals surface area (Å²) in [7, 11) is 3.38. The van der Waals surface area contributed by atoms with Crippen LogP contribution >= 0.6 is 0 Å². The molecule has 5 nitrogen and oxygen atoms in total. The Morgan fingerprint density at radius 2 is 2.14 bits per heavy atom. The Bertz CT molecular complexity index is 580. The van der Waals surface area contributed by atoms with Crippen molar-refractivity contribution in [1.82, 2.24) is 9.55 Å². The highest BCUT2D eigenvalue weighted by molar-refractivity contribution is 5.78. The average Bonchev–Trinajstić information content (AvgIpc) is 2.86. The third-order valence-electron chi connectivity index (χ3n) is 3.63. The maximum atomic E-state index is 6.33. The van der Waals surface area contributed by atoms with E-state index >= 15 is 0 Å². The number of benzene rings is 1. The fraction of sp³-hybridized carbons (Fsp3) is 0.562. The molecule has 0 aliphatic carbocycles. The minimum Gasteiger partial charge on any atom is -0.497 e. The molecule has 1 unspecified atom stereocenters. The highest BCUT2D eigenvalue weighted by Gasteiger charge is 2.16. The topological polar surface area (TPSA) is 62.3 Å². The first kappa shape index (κ1) is 15.8. The van der Waals surface area contributed by atoms with Crippen LogP contribution < -0.4 is 10.5 Å². The predicted molar refractivity (Wildman–Crippen MR) is 84.6 cm³/mol. The van der Waals surface area contributed by atoms with Crippen LogP contribution in [0.5, 0.6) is 5.75 Å². The molecule has 0 spiro atoms. The van der Waals surface area contributed by atoms with Crippen molar-refractivity contribution in [2.75, 3.05) is 20.8 Å². The summed E-state index contributed by atoms with van der Waals surface area (Å²) in [5, 5.41) is 0. The van der Waals surface area contributed by atoms with Gasteiger partial charge >= 0.3 is 0 Å². The van der Waals surface area contributed by atoms with E-state index in [0.29, 0.717) is 0 Å². The molecule has 0 aliphatic rings. The summed E-state index contributed by atoms with van der Waals surface area (Å²) in [6.07, 6.45) is 2.86. The first-order valence-electron chi connectivity index (χ1n) is 7.50. The highest BCUT2D eigenvalue weighted by atomic mass is 16.5. The summed E-state index contributed by atoms with van der Waals surface area (Å²) in [6.45, 7) is 3.82. The molecule has 0 amide bonds. The standard InChI is InChI=1S/C16H25N3O2/c1-4-9-19-15-8-7-12(21-3)11-14(15)18-16(19)13(17)6-5-10-20-2/h7-8,11,13H,4-6,9-10,17H2,1-3H3. The lowest BCUT2D eigenvalue weighted by Crippen LogP contribution is -2.17. The predicted octanol–water partition coefficient (Wildman–Crippen LogP) is 2.88. The van der Waals surface area contributed by atoms with Gasteiger partial charge in [-0.15, -0.1) is 0 Å². The fourth-order valence-corrected chi connectivity index (χ4v) is 2.57. The summed E-state index contributed by atoms with van der Waals surface area (Å²) in [5.41, 5.74) is 8.40. The molecule has 0 saturated carbocycles. The number of nitrogens with zero attached hydrogens (tertiary/aromatic N) is 2. The SMILES string of the molecule is CCCn1c(C(N)CCCOC)nc2cc(OC)ccc21. The van der Waals surface area contributed by atoms with Crippen LogP contribution in [0.15, 0.2) is 18.2 Å². The quantitative estimate of drug-likeness (QED) is 0.760. The molecule has 1 heterocycles. The van der Waals surface area contributed by atoms with Crippen LogP contribution in [0, 0.1) is 0 Å². The first-order valence-corrected chi connectivity index (χ1v) is 7.50. The number of aromatic nitrogens is 2. The van der Waals surface area contributed by atoms with Crippen molar-refractivity contribution >= 4 is 11.0 Å². The monoisotopic (exact) mass is 291 g/mol. The lowest BCUT2D eigenvalue weighted by molar-refractivity contribution is 0.190. The van der Waals surface area contributed by atoms with Crippen molar-refractivity contribution in [1.29, 1.82) is 0 Å². The van der Waals surface area contributed by atoms with Crippen LogP contribution in [0.1, 0.15) is 38.1 Å². The lowest BCUT2D eigenvalue weighted by atomic mass is 10.1. The van der Waals surface area contributed by atoms with Gasteiger partial charge in [-0.25, -0.2) is 4.98 Å². The maximum Gasteiger partial charge on any atom is 0.126 e. The zero-order valence-corrected chi connectivity index (χ0v) is 13.1. The smallest absolute Gasteiger partial charge is 0.126 e. The molecule has 2 N–H and O–H groups in total. The van der Waals surface area contributed by atoms with Gasteiger partial charge in [0.2, 0.25) is 0 Å². The number of aryl methyl sites for hydroxylation is 1. The van der Waals surface area contributed by atoms with Gasteiger partial charge in [0, 0.05) is 26.3 Å². The van der Waals surface area contributed by atoms with Crippen molar-refractivity contribution in [3.8, 4) is 5.75 Å². The Morgan fingerprint density at radius 1 is 1.33 bits per heavy atom. The Balaban J connectivity index is 2.34. The summed E-state index contributed by atoms with van der Waals surface area (Å²) in [4.78, 5) is 4.74. The number of hydrogen-bond donors (Lipinski definition) is 1. The Labute approximate surface area is 126 Å². The van der Waals surface area contributed by atoms with Crippen LogP contribution in [0.25, 0.3) is 11.0 Å². The average molecular weight is 291 g/mol. The molecule has 0 aliphatic heterocycles. The summed E-state index contributed by atoms with van der Waals surface area (Å²) in [6, 6.07) is 5.93. The van der Waals surface area contributed by atoms with E-state index in [2.05, 4.69) is 17.6 Å². The lowest BCUT2D eigenvalue weighted by Gasteiger charge is -2.14. The second kappa shape index (κ2) is 7.43. The minimum atomic E-state index is -0.0647. The molecule has 2 aromatic rings. The van der Waals surface area contributed by atoms with Gasteiger partial charge in [-0.05, 0) is 31.4 Å². The van der Waals surface area contributed by atoms with Gasteiger partial charge in [0.15, 0.2) is 0 Å². The van der Waals surface area contributed by atoms with E-state index in [-0.39, 0.29) is 6.04 Å². The molecule has 0 bridgehead atoms. The zero-order valence-electron chi connectivity index (χ0n) is 13.1. The molecule has 0 radical (unpaired) electrons. The number of methoxy groups -OCH3 is 2. The van der Waals surface area contributed by atoms with Gasteiger partial charge in [-0.2, -0.15) is 0 Å². The second-order valence-electron chi connectivity index (χ2n) is 5.22. The van der Waals surface area contributed by atoms with Gasteiger partial charge in [0.1, 0.15) is 11.6 Å². The highest BCUT2D eigenvalue weighted by Crippen LogP contribution is 2.25. The van der Waals surface area contributed by atoms with Crippen molar-refractivity contribution in [3.63, 3.8) is 0 Å². The third-order valence-corrected chi connectivity index (χ3v) is 3.63. The largest absolute Gasteiger partial charge is 0.497 e. The third kappa shape index (κ3) is 3.54. The van der Waals surface area contributed by atoms with E-state index in [4.69, 9.17) is 20.2 Å². The number of hydrogen-bond acceptors (Lipinski definition) is 4. The second-order valence-corrected chi connectivity index (χ2v) is 5.22. The van der Waals surface area contributed by atoms with E-state index in [1.165, 1.54) is 0 Å². The molecule has 1 aromatic heterocycles. The Hall–Kier alpha value is -1.59. The molecule has 0 saturated heterocycles. The van der Waals surface area contributed by atoms with Crippen LogP contribution in [-0.2, 0) is 11.3 Å². The number of imidazole rings is 1. The van der Waals surface area contributed by atoms with Crippen molar-refractivity contribution in [3.05, 3.63) is 24.0 Å². The van der Waals surface area contributed by atoms with E-state index in [0.717, 1.165) is 55.0 Å². The summed E-state index contributed by atoms with van der Waals surface area (Å²) < 4.78 is 12.6. The molecule has 1 aromatic carbocycles. The first-order chi connectivity index (χ1) is 10.2. The Morgan fingerprint density at radius 3 is 2.81 bits per heavy atom. The molecule has 116 valence electrons. The molecular formula is C16H25N3O2. The molecule has 1 atom stereocenters. The van der Waals surface area contributed by atoms with Crippen molar-refractivity contribution in [2.24, 2.45) is 5.73 Å². The van der Waals surface area contributed by atoms with Crippen LogP contribution in [0.3, 0.4) is 0 Å². The van der Waals surface area contributed by atoms with Gasteiger partial charge in [0.25, 0.3) is 0 Å². The molecule has 0 fully saturated rings. The Kier molecular flexibility index (Phi) is 5.59. The molecular weight excluding hydrogens is 266 g/mol. The van der Waals surface area contributed by atoms with Crippen molar-refractivity contribution in [2.45, 2.75) is 38.8 Å². The van der Waals surface area contributed by atoms with Gasteiger partial charge in [-0.3, -0.25) is 0 Å². The van der Waals surface area contributed by atoms with Crippen LogP contribution in [-0.4, -0.2) is 30.4 Å². The van der Waals surface area contributed by atoms with E-state index in [9.17, 15) is 0 Å². The number of ether oxygens (including phenoxy) is 2. The summed E-state index contributed by atoms with van der Waals surface area (Å²) in [5.74, 6) is 1.78.